The highest BCUT2D eigenvalue weighted by molar-refractivity contribution is 5.66. The van der Waals surface area contributed by atoms with Crippen LogP contribution in [0.25, 0.3) is 0 Å². The van der Waals surface area contributed by atoms with Crippen LogP contribution in [0.2, 0.25) is 0 Å². The second kappa shape index (κ2) is 6.64. The third kappa shape index (κ3) is 2.51. The molecule has 3 heterocycles. The number of hydrogen-bond donors (Lipinski definition) is 4. The molecule has 4 unspecified atom stereocenters. The van der Waals surface area contributed by atoms with Gasteiger partial charge < -0.3 is 30.7 Å². The smallest absolute Gasteiger partial charge is 0.165 e. The number of hydrogen-bond acceptors (Lipinski definition) is 8. The summed E-state index contributed by atoms with van der Waals surface area (Å²) in [5, 5.41) is 29.6. The number of ether oxygens (including phenoxy) is 1. The number of aliphatic hydroxyl groups is 3. The molecule has 1 saturated heterocycles. The summed E-state index contributed by atoms with van der Waals surface area (Å²) in [6, 6.07) is 8.49. The van der Waals surface area contributed by atoms with Crippen molar-refractivity contribution in [1.29, 1.82) is 0 Å². The lowest BCUT2D eigenvalue weighted by Gasteiger charge is -2.35. The highest BCUT2D eigenvalue weighted by atomic mass is 16.6. The third-order valence-corrected chi connectivity index (χ3v) is 5.96. The van der Waals surface area contributed by atoms with Crippen LogP contribution >= 0.6 is 0 Å². The van der Waals surface area contributed by atoms with E-state index < -0.39 is 30.7 Å². The van der Waals surface area contributed by atoms with Gasteiger partial charge in [-0.3, -0.25) is 4.57 Å². The summed E-state index contributed by atoms with van der Waals surface area (Å²) in [5.74, 6) is 0.491. The fourth-order valence-electron chi connectivity index (χ4n) is 4.46. The van der Waals surface area contributed by atoms with Gasteiger partial charge >= 0.3 is 0 Å². The fraction of sp³-hybridized carbons (Fsp3) is 0.474. The average Bonchev–Trinajstić information content (AvgIpc) is 3.40. The van der Waals surface area contributed by atoms with Crippen LogP contribution in [0.3, 0.4) is 0 Å². The molecule has 3 aliphatic rings. The summed E-state index contributed by atoms with van der Waals surface area (Å²) in [6.45, 7) is -0.386. The highest BCUT2D eigenvalue weighted by Gasteiger charge is 2.45. The Morgan fingerprint density at radius 1 is 1.21 bits per heavy atom. The molecule has 6 atom stereocenters. The summed E-state index contributed by atoms with van der Waals surface area (Å²) < 4.78 is 7.16. The number of aromatic nitrogens is 2. The minimum absolute atomic E-state index is 0.141. The predicted octanol–water partition coefficient (Wildman–Crippen LogP) is 0.115. The Morgan fingerprint density at radius 3 is 2.82 bits per heavy atom. The highest BCUT2D eigenvalue weighted by Crippen LogP contribution is 2.42. The van der Waals surface area contributed by atoms with E-state index in [9.17, 15) is 15.3 Å². The topological polar surface area (TPSA) is 129 Å². The zero-order valence-corrected chi connectivity index (χ0v) is 15.2. The number of nitrogens with two attached hydrogens (primary N) is 1. The van der Waals surface area contributed by atoms with Gasteiger partial charge in [-0.25, -0.2) is 9.98 Å². The molecule has 5 N–H and O–H groups in total. The first kappa shape index (κ1) is 17.8. The lowest BCUT2D eigenvalue weighted by Crippen LogP contribution is -2.38. The second-order valence-electron chi connectivity index (χ2n) is 7.48. The van der Waals surface area contributed by atoms with Crippen LogP contribution in [0.15, 0.2) is 35.6 Å². The number of nitrogens with zero attached hydrogens (tertiary/aromatic N) is 4. The molecule has 1 aromatic carbocycles. The maximum atomic E-state index is 10.3. The Hall–Kier alpha value is -2.30. The Bertz CT molecular complexity index is 915. The van der Waals surface area contributed by atoms with Crippen molar-refractivity contribution in [3.8, 4) is 0 Å². The van der Waals surface area contributed by atoms with Crippen molar-refractivity contribution in [2.45, 2.75) is 49.6 Å². The fourth-order valence-corrected chi connectivity index (χ4v) is 4.46. The normalized spacial score (nSPS) is 33.9. The third-order valence-electron chi connectivity index (χ3n) is 5.96. The maximum absolute atomic E-state index is 10.3. The molecular weight excluding hydrogens is 362 g/mol. The van der Waals surface area contributed by atoms with E-state index in [1.165, 1.54) is 17.5 Å². The molecule has 2 aromatic rings. The number of fused-ring (bicyclic) bond motifs is 2. The standard InChI is InChI=1S/C19H23N5O4/c20-17-14-18(24(8-21-14)19-16(27)15(26)13(7-25)28-19)22-9-23(17)12-6-5-10-3-1-2-4-11(10)12/h1-4,8-9,12-13,15-17,19,25-27H,5-7,20H2/t12?,13-,15?,16?,17?,19-/m1/s1. The molecule has 0 spiro atoms. The van der Waals surface area contributed by atoms with Crippen LogP contribution in [0, 0.1) is 0 Å². The molecule has 9 heteroatoms. The second-order valence-corrected chi connectivity index (χ2v) is 7.48. The predicted molar refractivity (Wildman–Crippen MR) is 99.7 cm³/mol. The van der Waals surface area contributed by atoms with Crippen LogP contribution in [0.4, 0.5) is 5.82 Å². The Morgan fingerprint density at radius 2 is 2.04 bits per heavy atom. The molecule has 1 aromatic heterocycles. The van der Waals surface area contributed by atoms with Gasteiger partial charge in [0.1, 0.15) is 30.2 Å². The molecular formula is C19H23N5O4. The summed E-state index contributed by atoms with van der Waals surface area (Å²) in [6.07, 6.45) is 0.598. The van der Waals surface area contributed by atoms with E-state index >= 15 is 0 Å². The van der Waals surface area contributed by atoms with Gasteiger partial charge in [0.2, 0.25) is 0 Å². The quantitative estimate of drug-likeness (QED) is 0.590. The number of aryl methyl sites for hydroxylation is 1. The average molecular weight is 385 g/mol. The van der Waals surface area contributed by atoms with Gasteiger partial charge in [0, 0.05) is 0 Å². The van der Waals surface area contributed by atoms with E-state index in [0.717, 1.165) is 12.8 Å². The molecule has 0 bridgehead atoms. The number of imidazole rings is 1. The van der Waals surface area contributed by atoms with Gasteiger partial charge in [0.15, 0.2) is 12.0 Å². The van der Waals surface area contributed by atoms with Crippen molar-refractivity contribution in [3.05, 3.63) is 47.4 Å². The van der Waals surface area contributed by atoms with Gasteiger partial charge in [-0.15, -0.1) is 0 Å². The molecule has 5 rings (SSSR count). The van der Waals surface area contributed by atoms with Crippen LogP contribution in [-0.2, 0) is 11.2 Å². The molecule has 28 heavy (non-hydrogen) atoms. The zero-order chi connectivity index (χ0) is 19.4. The molecule has 148 valence electrons. The van der Waals surface area contributed by atoms with E-state index in [1.807, 2.05) is 17.0 Å². The van der Waals surface area contributed by atoms with Crippen molar-refractivity contribution in [2.24, 2.45) is 10.7 Å². The van der Waals surface area contributed by atoms with Crippen molar-refractivity contribution in [2.75, 3.05) is 6.61 Å². The molecule has 9 nitrogen and oxygen atoms in total. The summed E-state index contributed by atoms with van der Waals surface area (Å²) >= 11 is 0. The monoisotopic (exact) mass is 385 g/mol. The van der Waals surface area contributed by atoms with Crippen molar-refractivity contribution >= 4 is 12.2 Å². The van der Waals surface area contributed by atoms with E-state index in [4.69, 9.17) is 10.5 Å². The summed E-state index contributed by atoms with van der Waals surface area (Å²) in [5.41, 5.74) is 9.70. The van der Waals surface area contributed by atoms with E-state index in [0.29, 0.717) is 11.5 Å². The molecule has 1 fully saturated rings. The minimum atomic E-state index is -1.19. The van der Waals surface area contributed by atoms with Crippen molar-refractivity contribution < 1.29 is 20.1 Å². The lowest BCUT2D eigenvalue weighted by molar-refractivity contribution is -0.0520. The molecule has 0 saturated carbocycles. The first-order valence-corrected chi connectivity index (χ1v) is 9.44. The Kier molecular flexibility index (Phi) is 4.22. The molecule has 2 aliphatic heterocycles. The van der Waals surface area contributed by atoms with Gasteiger partial charge in [-0.2, -0.15) is 0 Å². The van der Waals surface area contributed by atoms with Gasteiger partial charge in [-0.05, 0) is 24.0 Å². The maximum Gasteiger partial charge on any atom is 0.165 e. The Balaban J connectivity index is 1.44. The Labute approximate surface area is 161 Å². The summed E-state index contributed by atoms with van der Waals surface area (Å²) in [4.78, 5) is 11.0. The summed E-state index contributed by atoms with van der Waals surface area (Å²) in [7, 11) is 0. The molecule has 0 radical (unpaired) electrons. The van der Waals surface area contributed by atoms with Gasteiger partial charge in [0.05, 0.1) is 25.3 Å². The molecule has 1 aliphatic carbocycles. The number of rotatable bonds is 3. The van der Waals surface area contributed by atoms with E-state index in [-0.39, 0.29) is 12.6 Å². The van der Waals surface area contributed by atoms with Gasteiger partial charge in [-0.1, -0.05) is 24.3 Å². The number of aliphatic hydroxyl groups excluding tert-OH is 3. The number of benzene rings is 1. The van der Waals surface area contributed by atoms with Crippen LogP contribution in [0.1, 0.15) is 41.7 Å². The number of aliphatic imine (C=N–C) groups is 1. The van der Waals surface area contributed by atoms with Crippen molar-refractivity contribution in [1.82, 2.24) is 14.5 Å². The van der Waals surface area contributed by atoms with E-state index in [1.54, 1.807) is 10.9 Å². The first-order valence-electron chi connectivity index (χ1n) is 9.44. The van der Waals surface area contributed by atoms with E-state index in [2.05, 4.69) is 22.1 Å². The van der Waals surface area contributed by atoms with Crippen LogP contribution in [-0.4, -0.2) is 61.0 Å². The van der Waals surface area contributed by atoms with Crippen LogP contribution in [0.5, 0.6) is 0 Å². The lowest BCUT2D eigenvalue weighted by atomic mass is 10.1. The zero-order valence-electron chi connectivity index (χ0n) is 15.2. The first-order chi connectivity index (χ1) is 13.6. The SMILES string of the molecule is NC1c2ncn([C@@H]3O[C@H](CO)C(O)C3O)c2N=CN1C1CCc2ccccc21. The minimum Gasteiger partial charge on any atom is -0.394 e. The molecule has 0 amide bonds. The van der Waals surface area contributed by atoms with Crippen LogP contribution < -0.4 is 5.73 Å². The van der Waals surface area contributed by atoms with Gasteiger partial charge in [0.25, 0.3) is 0 Å². The van der Waals surface area contributed by atoms with Crippen molar-refractivity contribution in [3.63, 3.8) is 0 Å². The largest absolute Gasteiger partial charge is 0.394 e.